The Hall–Kier alpha value is -2.40. The van der Waals surface area contributed by atoms with E-state index in [9.17, 15) is 4.79 Å². The number of aromatic nitrogens is 2. The molecule has 0 radical (unpaired) electrons. The monoisotopic (exact) mass is 407 g/mol. The molecule has 3 aromatic rings. The van der Waals surface area contributed by atoms with Gasteiger partial charge >= 0.3 is 0 Å². The zero-order chi connectivity index (χ0) is 20.3. The van der Waals surface area contributed by atoms with Gasteiger partial charge in [-0.05, 0) is 30.7 Å². The number of rotatable bonds is 11. The van der Waals surface area contributed by atoms with Crippen LogP contribution < -0.4 is 5.32 Å². The van der Waals surface area contributed by atoms with E-state index in [1.165, 1.54) is 32.1 Å². The molecule has 0 spiro atoms. The van der Waals surface area contributed by atoms with E-state index >= 15 is 0 Å². The van der Waals surface area contributed by atoms with Crippen molar-refractivity contribution in [1.29, 1.82) is 0 Å². The van der Waals surface area contributed by atoms with Crippen molar-refractivity contribution >= 4 is 34.1 Å². The molecule has 0 saturated heterocycles. The summed E-state index contributed by atoms with van der Waals surface area (Å²) in [5.74, 6) is 0.0403. The summed E-state index contributed by atoms with van der Waals surface area (Å²) >= 11 is 1.55. The Kier molecular flexibility index (Phi) is 8.50. The molecular weight excluding hydrogens is 378 g/mol. The molecule has 29 heavy (non-hydrogen) atoms. The van der Waals surface area contributed by atoms with Crippen molar-refractivity contribution in [2.75, 3.05) is 5.32 Å². The van der Waals surface area contributed by atoms with Crippen molar-refractivity contribution in [3.8, 4) is 0 Å². The molecule has 0 aliphatic carbocycles. The smallest absolute Gasteiger partial charge is 0.237 e. The third-order valence-electron chi connectivity index (χ3n) is 4.95. The first-order valence-electron chi connectivity index (χ1n) is 10.5. The third-order valence-corrected chi connectivity index (χ3v) is 6.17. The van der Waals surface area contributed by atoms with Gasteiger partial charge in [0.2, 0.25) is 5.91 Å². The zero-order valence-electron chi connectivity index (χ0n) is 17.0. The second-order valence-corrected chi connectivity index (χ2v) is 8.45. The van der Waals surface area contributed by atoms with Crippen LogP contribution in [0.2, 0.25) is 0 Å². The van der Waals surface area contributed by atoms with Crippen molar-refractivity contribution in [1.82, 2.24) is 9.97 Å². The first-order chi connectivity index (χ1) is 14.3. The molecule has 152 valence electrons. The lowest BCUT2D eigenvalue weighted by Crippen LogP contribution is -2.25. The van der Waals surface area contributed by atoms with Gasteiger partial charge in [0, 0.05) is 35.1 Å². The number of fused-ring (bicyclic) bond motifs is 1. The number of thioether (sulfide) groups is 1. The third kappa shape index (κ3) is 6.57. The molecule has 0 aliphatic heterocycles. The molecule has 3 rings (SSSR count). The fourth-order valence-corrected chi connectivity index (χ4v) is 4.38. The van der Waals surface area contributed by atoms with Gasteiger partial charge in [-0.25, -0.2) is 4.98 Å². The van der Waals surface area contributed by atoms with Crippen molar-refractivity contribution in [3.05, 3.63) is 61.1 Å². The largest absolute Gasteiger partial charge is 0.325 e. The lowest BCUT2D eigenvalue weighted by Gasteiger charge is -2.17. The van der Waals surface area contributed by atoms with E-state index in [2.05, 4.69) is 22.2 Å². The van der Waals surface area contributed by atoms with E-state index in [0.717, 1.165) is 34.3 Å². The summed E-state index contributed by atoms with van der Waals surface area (Å²) in [7, 11) is 0. The van der Waals surface area contributed by atoms with E-state index in [1.807, 2.05) is 48.7 Å². The zero-order valence-corrected chi connectivity index (χ0v) is 17.8. The van der Waals surface area contributed by atoms with Gasteiger partial charge in [0.05, 0.1) is 10.3 Å². The number of nitrogens with one attached hydrogen (secondary N) is 1. The quantitative estimate of drug-likeness (QED) is 0.292. The number of hydrogen-bond donors (Lipinski definition) is 1. The molecule has 0 saturated carbocycles. The van der Waals surface area contributed by atoms with Crippen molar-refractivity contribution in [3.63, 3.8) is 0 Å². The first-order valence-corrected chi connectivity index (χ1v) is 11.4. The van der Waals surface area contributed by atoms with Crippen molar-refractivity contribution in [2.24, 2.45) is 0 Å². The van der Waals surface area contributed by atoms with Gasteiger partial charge in [-0.3, -0.25) is 9.78 Å². The van der Waals surface area contributed by atoms with Crippen LogP contribution in [0.5, 0.6) is 0 Å². The van der Waals surface area contributed by atoms with Crippen molar-refractivity contribution < 1.29 is 4.79 Å². The van der Waals surface area contributed by atoms with E-state index in [0.29, 0.717) is 0 Å². The SMILES string of the molecule is CCCCCCCCC(Sc1ccccn1)C(=O)Nc1cccc2cnccc12. The molecule has 2 aromatic heterocycles. The van der Waals surface area contributed by atoms with Crippen LogP contribution in [0.15, 0.2) is 66.1 Å². The molecule has 1 aromatic carbocycles. The number of carbonyl (C=O) groups excluding carboxylic acids is 1. The summed E-state index contributed by atoms with van der Waals surface area (Å²) in [6.07, 6.45) is 13.5. The normalized spacial score (nSPS) is 12.0. The van der Waals surface area contributed by atoms with Gasteiger partial charge in [0.25, 0.3) is 0 Å². The van der Waals surface area contributed by atoms with Gasteiger partial charge in [0.1, 0.15) is 0 Å². The molecular formula is C24H29N3OS. The van der Waals surface area contributed by atoms with Crippen LogP contribution in [0.25, 0.3) is 10.8 Å². The van der Waals surface area contributed by atoms with E-state index in [1.54, 1.807) is 24.2 Å². The van der Waals surface area contributed by atoms with Gasteiger partial charge in [0.15, 0.2) is 0 Å². The van der Waals surface area contributed by atoms with Crippen LogP contribution in [0.1, 0.15) is 51.9 Å². The highest BCUT2D eigenvalue weighted by atomic mass is 32.2. The Morgan fingerprint density at radius 3 is 2.69 bits per heavy atom. The molecule has 5 heteroatoms. The molecule has 0 fully saturated rings. The lowest BCUT2D eigenvalue weighted by atomic mass is 10.1. The minimum atomic E-state index is -0.159. The van der Waals surface area contributed by atoms with Gasteiger partial charge < -0.3 is 5.32 Å². The van der Waals surface area contributed by atoms with Crippen LogP contribution >= 0.6 is 11.8 Å². The van der Waals surface area contributed by atoms with E-state index in [4.69, 9.17) is 0 Å². The van der Waals surface area contributed by atoms with Crippen LogP contribution in [-0.4, -0.2) is 21.1 Å². The summed E-state index contributed by atoms with van der Waals surface area (Å²) in [6, 6.07) is 13.7. The number of carbonyl (C=O) groups is 1. The maximum atomic E-state index is 13.2. The Labute approximate surface area is 177 Å². The number of hydrogen-bond acceptors (Lipinski definition) is 4. The standard InChI is InChI=1S/C24H29N3OS/c1-2-3-4-5-6-7-13-22(29-23-14-8-9-16-26-23)24(28)27-21-12-10-11-19-18-25-17-15-20(19)21/h8-12,14-18,22H,2-7,13H2,1H3,(H,27,28). The van der Waals surface area contributed by atoms with Gasteiger partial charge in [-0.15, -0.1) is 0 Å². The Morgan fingerprint density at radius 1 is 1.00 bits per heavy atom. The average molecular weight is 408 g/mol. The summed E-state index contributed by atoms with van der Waals surface area (Å²) in [5, 5.41) is 5.92. The van der Waals surface area contributed by atoms with Gasteiger partial charge in [-0.1, -0.05) is 75.4 Å². The summed E-state index contributed by atoms with van der Waals surface area (Å²) in [6.45, 7) is 2.23. The maximum Gasteiger partial charge on any atom is 0.237 e. The number of anilines is 1. The fourth-order valence-electron chi connectivity index (χ4n) is 3.36. The van der Waals surface area contributed by atoms with Crippen molar-refractivity contribution in [2.45, 2.75) is 62.1 Å². The Bertz CT molecular complexity index is 896. The molecule has 0 bridgehead atoms. The number of unbranched alkanes of at least 4 members (excludes halogenated alkanes) is 5. The van der Waals surface area contributed by atoms with E-state index in [-0.39, 0.29) is 11.2 Å². The fraction of sp³-hybridized carbons (Fsp3) is 0.375. The first kappa shape index (κ1) is 21.3. The Balaban J connectivity index is 1.67. The summed E-state index contributed by atoms with van der Waals surface area (Å²) in [5.41, 5.74) is 0.837. The number of nitrogens with zero attached hydrogens (tertiary/aromatic N) is 2. The predicted octanol–water partition coefficient (Wildman–Crippen LogP) is 6.48. The minimum Gasteiger partial charge on any atom is -0.325 e. The topological polar surface area (TPSA) is 54.9 Å². The summed E-state index contributed by atoms with van der Waals surface area (Å²) < 4.78 is 0. The van der Waals surface area contributed by atoms with Crippen LogP contribution in [0, 0.1) is 0 Å². The van der Waals surface area contributed by atoms with Gasteiger partial charge in [-0.2, -0.15) is 0 Å². The molecule has 2 heterocycles. The van der Waals surface area contributed by atoms with E-state index < -0.39 is 0 Å². The second kappa shape index (κ2) is 11.6. The second-order valence-electron chi connectivity index (χ2n) is 7.22. The average Bonchev–Trinajstić information content (AvgIpc) is 2.76. The molecule has 1 atom stereocenters. The minimum absolute atomic E-state index is 0.0403. The maximum absolute atomic E-state index is 13.2. The van der Waals surface area contributed by atoms with Crippen LogP contribution in [-0.2, 0) is 4.79 Å². The highest BCUT2D eigenvalue weighted by molar-refractivity contribution is 8.00. The molecule has 0 aliphatic rings. The number of amides is 1. The predicted molar refractivity (Wildman–Crippen MR) is 122 cm³/mol. The highest BCUT2D eigenvalue weighted by Crippen LogP contribution is 2.28. The summed E-state index contributed by atoms with van der Waals surface area (Å²) in [4.78, 5) is 21.7. The van der Waals surface area contributed by atoms with Crippen LogP contribution in [0.3, 0.4) is 0 Å². The lowest BCUT2D eigenvalue weighted by molar-refractivity contribution is -0.115. The molecule has 1 N–H and O–H groups in total. The Morgan fingerprint density at radius 2 is 1.86 bits per heavy atom. The highest BCUT2D eigenvalue weighted by Gasteiger charge is 2.21. The molecule has 1 amide bonds. The number of benzene rings is 1. The van der Waals surface area contributed by atoms with Crippen LogP contribution in [0.4, 0.5) is 5.69 Å². The molecule has 1 unspecified atom stereocenters. The number of pyridine rings is 2. The molecule has 4 nitrogen and oxygen atoms in total.